The maximum atomic E-state index is 12.9. The number of carbonyl (C=O) groups is 3. The van der Waals surface area contributed by atoms with E-state index < -0.39 is 12.1 Å². The highest BCUT2D eigenvalue weighted by atomic mass is 16.6. The average Bonchev–Trinajstić information content (AvgIpc) is 3.43. The van der Waals surface area contributed by atoms with E-state index in [0.29, 0.717) is 19.3 Å². The Kier molecular flexibility index (Phi) is 58.1. The van der Waals surface area contributed by atoms with E-state index in [1.165, 1.54) is 32.1 Å². The van der Waals surface area contributed by atoms with Crippen LogP contribution in [0.5, 0.6) is 0 Å². The van der Waals surface area contributed by atoms with Crippen LogP contribution in [-0.4, -0.2) is 37.2 Å². The molecule has 0 aliphatic heterocycles. The van der Waals surface area contributed by atoms with Crippen LogP contribution in [0.2, 0.25) is 0 Å². The van der Waals surface area contributed by atoms with Gasteiger partial charge in [0.15, 0.2) is 6.10 Å². The highest BCUT2D eigenvalue weighted by Gasteiger charge is 2.19. The molecule has 0 bridgehead atoms. The molecular weight excluding hydrogens is 949 g/mol. The van der Waals surface area contributed by atoms with Gasteiger partial charge in [-0.25, -0.2) is 0 Å². The topological polar surface area (TPSA) is 78.9 Å². The number of allylic oxidation sites excluding steroid dienone is 32. The Labute approximate surface area is 471 Å². The van der Waals surface area contributed by atoms with E-state index in [0.717, 1.165) is 128 Å². The van der Waals surface area contributed by atoms with Crippen LogP contribution in [0.15, 0.2) is 194 Å². The fraction of sp³-hybridized carbons (Fsp3) is 0.507. The van der Waals surface area contributed by atoms with Crippen molar-refractivity contribution in [3.8, 4) is 0 Å². The molecule has 0 saturated heterocycles. The first-order chi connectivity index (χ1) is 38.0. The molecule has 0 rings (SSSR count). The van der Waals surface area contributed by atoms with Gasteiger partial charge in [0.05, 0.1) is 0 Å². The van der Waals surface area contributed by atoms with Gasteiger partial charge in [0, 0.05) is 19.3 Å². The summed E-state index contributed by atoms with van der Waals surface area (Å²) in [6.45, 7) is 6.14. The number of carbonyl (C=O) groups excluding carboxylic acids is 3. The second-order valence-corrected chi connectivity index (χ2v) is 18.8. The normalized spacial score (nSPS) is 13.5. The molecule has 1 atom stereocenters. The van der Waals surface area contributed by atoms with Crippen LogP contribution in [0.25, 0.3) is 0 Å². The van der Waals surface area contributed by atoms with E-state index in [1.807, 2.05) is 24.3 Å². The van der Waals surface area contributed by atoms with Crippen LogP contribution in [0.1, 0.15) is 213 Å². The van der Waals surface area contributed by atoms with Crippen molar-refractivity contribution in [2.45, 2.75) is 219 Å². The molecule has 0 aliphatic rings. The van der Waals surface area contributed by atoms with Crippen LogP contribution < -0.4 is 0 Å². The van der Waals surface area contributed by atoms with Gasteiger partial charge < -0.3 is 14.2 Å². The van der Waals surface area contributed by atoms with Gasteiger partial charge in [-0.15, -0.1) is 0 Å². The summed E-state index contributed by atoms with van der Waals surface area (Å²) in [5.41, 5.74) is 0. The second kappa shape index (κ2) is 62.8. The van der Waals surface area contributed by atoms with Crippen LogP contribution in [0, 0.1) is 0 Å². The molecule has 0 radical (unpaired) electrons. The minimum Gasteiger partial charge on any atom is -0.462 e. The molecule has 6 nitrogen and oxygen atoms in total. The largest absolute Gasteiger partial charge is 0.462 e. The van der Waals surface area contributed by atoms with Crippen molar-refractivity contribution in [3.05, 3.63) is 194 Å². The van der Waals surface area contributed by atoms with Gasteiger partial charge in [-0.1, -0.05) is 254 Å². The van der Waals surface area contributed by atoms with Gasteiger partial charge in [-0.2, -0.15) is 0 Å². The molecule has 77 heavy (non-hydrogen) atoms. The van der Waals surface area contributed by atoms with E-state index in [4.69, 9.17) is 14.2 Å². The molecule has 0 heterocycles. The van der Waals surface area contributed by atoms with Crippen LogP contribution in [0.3, 0.4) is 0 Å². The Hall–Kier alpha value is -5.75. The van der Waals surface area contributed by atoms with E-state index in [9.17, 15) is 14.4 Å². The van der Waals surface area contributed by atoms with E-state index in [1.54, 1.807) is 0 Å². The summed E-state index contributed by atoms with van der Waals surface area (Å²) in [4.78, 5) is 38.2. The number of rotatable bonds is 51. The lowest BCUT2D eigenvalue weighted by molar-refractivity contribution is -0.166. The minimum absolute atomic E-state index is 0.147. The molecule has 0 amide bonds. The van der Waals surface area contributed by atoms with E-state index in [2.05, 4.69) is 191 Å². The lowest BCUT2D eigenvalue weighted by Gasteiger charge is -2.18. The highest BCUT2D eigenvalue weighted by molar-refractivity contribution is 5.71. The van der Waals surface area contributed by atoms with Gasteiger partial charge in [0.1, 0.15) is 13.2 Å². The summed E-state index contributed by atoms with van der Waals surface area (Å²) in [6, 6.07) is 0. The molecule has 0 aromatic heterocycles. The lowest BCUT2D eigenvalue weighted by Crippen LogP contribution is -2.30. The Morgan fingerprint density at radius 2 is 0.494 bits per heavy atom. The first-order valence-electron chi connectivity index (χ1n) is 29.9. The first kappa shape index (κ1) is 71.2. The molecular formula is C71H106O6. The molecule has 0 aromatic rings. The van der Waals surface area contributed by atoms with E-state index in [-0.39, 0.29) is 38.0 Å². The molecule has 0 aliphatic carbocycles. The van der Waals surface area contributed by atoms with Crippen LogP contribution in [0.4, 0.5) is 0 Å². The monoisotopic (exact) mass is 1050 g/mol. The summed E-state index contributed by atoms with van der Waals surface area (Å²) in [5.74, 6) is -1.14. The summed E-state index contributed by atoms with van der Waals surface area (Å²) >= 11 is 0. The summed E-state index contributed by atoms with van der Waals surface area (Å²) < 4.78 is 16.7. The molecule has 1 unspecified atom stereocenters. The third-order valence-corrected chi connectivity index (χ3v) is 11.6. The molecule has 0 spiro atoms. The SMILES string of the molecule is CC/C=C\C/C=C\C/C=C\C/C=C\C/C=C\C/C=C\CCC(=O)OCC(COC(=O)CCCCCCCCCC/C=C\C/C=C\C/C=C\C/C=C\CC)OC(=O)CC/C=C\C/C=C\C/C=C\C/C=C\C/C=C\C/C=C\CC. The second-order valence-electron chi connectivity index (χ2n) is 18.8. The Morgan fingerprint density at radius 1 is 0.260 bits per heavy atom. The molecule has 426 valence electrons. The Morgan fingerprint density at radius 3 is 0.805 bits per heavy atom. The van der Waals surface area contributed by atoms with Gasteiger partial charge in [-0.05, 0) is 135 Å². The first-order valence-corrected chi connectivity index (χ1v) is 29.9. The maximum Gasteiger partial charge on any atom is 0.306 e. The molecule has 0 saturated carbocycles. The smallest absolute Gasteiger partial charge is 0.306 e. The highest BCUT2D eigenvalue weighted by Crippen LogP contribution is 2.13. The summed E-state index contributed by atoms with van der Waals surface area (Å²) in [7, 11) is 0. The van der Waals surface area contributed by atoms with Crippen molar-refractivity contribution < 1.29 is 28.6 Å². The number of unbranched alkanes of at least 4 members (excludes halogenated alkanes) is 8. The predicted molar refractivity (Wildman–Crippen MR) is 334 cm³/mol. The van der Waals surface area contributed by atoms with E-state index >= 15 is 0 Å². The average molecular weight is 1060 g/mol. The van der Waals surface area contributed by atoms with Gasteiger partial charge in [-0.3, -0.25) is 14.4 Å². The fourth-order valence-corrected chi connectivity index (χ4v) is 7.25. The van der Waals surface area contributed by atoms with Crippen LogP contribution >= 0.6 is 0 Å². The molecule has 0 fully saturated rings. The molecule has 6 heteroatoms. The summed E-state index contributed by atoms with van der Waals surface area (Å²) in [5, 5.41) is 0. The van der Waals surface area contributed by atoms with Crippen molar-refractivity contribution in [3.63, 3.8) is 0 Å². The third-order valence-electron chi connectivity index (χ3n) is 11.6. The Bertz CT molecular complexity index is 1880. The summed E-state index contributed by atoms with van der Waals surface area (Å²) in [6.07, 6.45) is 95.9. The number of esters is 3. The van der Waals surface area contributed by atoms with Crippen molar-refractivity contribution in [2.75, 3.05) is 13.2 Å². The number of ether oxygens (including phenoxy) is 3. The maximum absolute atomic E-state index is 12.9. The molecule has 0 N–H and O–H groups in total. The fourth-order valence-electron chi connectivity index (χ4n) is 7.25. The number of hydrogen-bond acceptors (Lipinski definition) is 6. The van der Waals surface area contributed by atoms with Crippen LogP contribution in [-0.2, 0) is 28.6 Å². The quantitative estimate of drug-likeness (QED) is 0.0261. The van der Waals surface area contributed by atoms with Gasteiger partial charge in [0.2, 0.25) is 0 Å². The van der Waals surface area contributed by atoms with Crippen molar-refractivity contribution >= 4 is 17.9 Å². The zero-order valence-corrected chi connectivity index (χ0v) is 48.6. The predicted octanol–water partition coefficient (Wildman–Crippen LogP) is 20.6. The lowest BCUT2D eigenvalue weighted by atomic mass is 10.1. The molecule has 0 aromatic carbocycles. The standard InChI is InChI=1S/C71H106O6/c1-4-7-10-13-16-19-22-25-28-31-34-35-38-40-43-46-49-52-55-58-61-64-70(73)76-67-68(77-71(74)65-62-59-56-53-50-47-44-41-37-33-30-27-24-21-18-15-12-9-6-3)66-75-69(72)63-60-57-54-51-48-45-42-39-36-32-29-26-23-20-17-14-11-8-5-2/h7-12,16-21,25-30,34-37,39,41,45,47-48,50,54,56-57,59,68H,4-6,13-15,22-24,31-33,38,40,42-44,46,49,51-53,55,58,60-67H2,1-3H3/b10-7-,11-8-,12-9-,19-16-,20-17-,21-18-,28-25-,29-26-,30-27-,35-34-,39-36-,41-37-,48-45-,50-47-,57-54-,59-56-. The van der Waals surface area contributed by atoms with Crippen molar-refractivity contribution in [1.29, 1.82) is 0 Å². The number of hydrogen-bond donors (Lipinski definition) is 0. The Balaban J connectivity index is 4.66. The van der Waals surface area contributed by atoms with Gasteiger partial charge in [0.25, 0.3) is 0 Å². The third kappa shape index (κ3) is 61.0. The minimum atomic E-state index is -0.866. The van der Waals surface area contributed by atoms with Crippen molar-refractivity contribution in [2.24, 2.45) is 0 Å². The van der Waals surface area contributed by atoms with Crippen molar-refractivity contribution in [1.82, 2.24) is 0 Å². The van der Waals surface area contributed by atoms with Gasteiger partial charge >= 0.3 is 17.9 Å². The zero-order valence-electron chi connectivity index (χ0n) is 48.6. The zero-order chi connectivity index (χ0) is 55.7.